The molecule has 1 fully saturated rings. The maximum Gasteiger partial charge on any atom is 0.238 e. The zero-order valence-electron chi connectivity index (χ0n) is 15.0. The topological polar surface area (TPSA) is 57.7 Å². The number of hydrogen-bond donors (Lipinski definition) is 0. The smallest absolute Gasteiger partial charge is 0.238 e. The van der Waals surface area contributed by atoms with Crippen molar-refractivity contribution >= 4 is 15.9 Å². The predicted octanol–water partition coefficient (Wildman–Crippen LogP) is 2.49. The van der Waals surface area contributed by atoms with Crippen LogP contribution in [0.5, 0.6) is 0 Å². The lowest BCUT2D eigenvalue weighted by molar-refractivity contribution is -0.136. The van der Waals surface area contributed by atoms with Crippen molar-refractivity contribution in [1.29, 1.82) is 0 Å². The first-order chi connectivity index (χ1) is 11.1. The number of carbonyl (C=O) groups excluding carboxylic acids is 1. The molecule has 0 spiro atoms. The number of amides is 1. The Bertz CT molecular complexity index is 671. The lowest BCUT2D eigenvalue weighted by atomic mass is 9.86. The van der Waals surface area contributed by atoms with Gasteiger partial charge in [-0.1, -0.05) is 50.6 Å². The van der Waals surface area contributed by atoms with Gasteiger partial charge in [-0.25, -0.2) is 8.42 Å². The molecular weight excluding hydrogens is 324 g/mol. The molecular formula is C18H28N2O3S. The van der Waals surface area contributed by atoms with Gasteiger partial charge in [0.05, 0.1) is 12.8 Å². The highest BCUT2D eigenvalue weighted by Gasteiger charge is 2.40. The van der Waals surface area contributed by atoms with E-state index >= 15 is 0 Å². The Morgan fingerprint density at radius 2 is 1.88 bits per heavy atom. The van der Waals surface area contributed by atoms with E-state index in [1.54, 1.807) is 0 Å². The molecule has 0 aliphatic heterocycles. The minimum Gasteiger partial charge on any atom is -0.334 e. The fourth-order valence-corrected chi connectivity index (χ4v) is 3.78. The van der Waals surface area contributed by atoms with E-state index in [1.807, 2.05) is 35.2 Å². The Hall–Kier alpha value is -1.40. The van der Waals surface area contributed by atoms with E-state index in [2.05, 4.69) is 13.8 Å². The number of carbonyl (C=O) groups is 1. The van der Waals surface area contributed by atoms with Crippen LogP contribution in [0, 0.1) is 5.41 Å². The molecule has 1 aliphatic carbocycles. The number of likely N-dealkylation sites (N-methyl/N-ethyl adjacent to an activating group) is 1. The minimum atomic E-state index is -3.37. The summed E-state index contributed by atoms with van der Waals surface area (Å²) in [5.41, 5.74) is 1.12. The van der Waals surface area contributed by atoms with Crippen molar-refractivity contribution in [1.82, 2.24) is 9.21 Å². The molecule has 0 radical (unpaired) electrons. The molecule has 1 atom stereocenters. The molecule has 0 unspecified atom stereocenters. The van der Waals surface area contributed by atoms with E-state index in [9.17, 15) is 13.2 Å². The van der Waals surface area contributed by atoms with Gasteiger partial charge < -0.3 is 4.90 Å². The summed E-state index contributed by atoms with van der Waals surface area (Å²) in [5.74, 6) is -0.133. The van der Waals surface area contributed by atoms with Crippen LogP contribution in [0.25, 0.3) is 0 Å². The highest BCUT2D eigenvalue weighted by molar-refractivity contribution is 7.88. The second kappa shape index (κ2) is 7.23. The molecule has 6 heteroatoms. The van der Waals surface area contributed by atoms with Gasteiger partial charge >= 0.3 is 0 Å². The molecule has 0 aromatic heterocycles. The van der Waals surface area contributed by atoms with Gasteiger partial charge in [0.25, 0.3) is 0 Å². The van der Waals surface area contributed by atoms with Crippen LogP contribution in [0.4, 0.5) is 0 Å². The van der Waals surface area contributed by atoms with Crippen molar-refractivity contribution in [2.45, 2.75) is 45.7 Å². The molecule has 1 aromatic carbocycles. The summed E-state index contributed by atoms with van der Waals surface area (Å²) in [6, 6.07) is 10.0. The Morgan fingerprint density at radius 3 is 2.38 bits per heavy atom. The van der Waals surface area contributed by atoms with Gasteiger partial charge in [-0.05, 0) is 23.8 Å². The van der Waals surface area contributed by atoms with Gasteiger partial charge in [0, 0.05) is 19.6 Å². The first-order valence-corrected chi connectivity index (χ1v) is 10.2. The number of rotatable bonds is 6. The zero-order valence-corrected chi connectivity index (χ0v) is 15.8. The molecule has 5 nitrogen and oxygen atoms in total. The van der Waals surface area contributed by atoms with Crippen molar-refractivity contribution < 1.29 is 13.2 Å². The highest BCUT2D eigenvalue weighted by Crippen LogP contribution is 2.41. The van der Waals surface area contributed by atoms with Crippen molar-refractivity contribution in [3.8, 4) is 0 Å². The first-order valence-electron chi connectivity index (χ1n) is 8.36. The summed E-state index contributed by atoms with van der Waals surface area (Å²) in [6.45, 7) is 4.79. The monoisotopic (exact) mass is 352 g/mol. The lowest BCUT2D eigenvalue weighted by Crippen LogP contribution is -2.49. The summed E-state index contributed by atoms with van der Waals surface area (Å²) < 4.78 is 24.4. The van der Waals surface area contributed by atoms with Crippen LogP contribution in [-0.2, 0) is 21.4 Å². The maximum absolute atomic E-state index is 12.9. The van der Waals surface area contributed by atoms with Crippen LogP contribution in [0.3, 0.4) is 0 Å². The second-order valence-corrected chi connectivity index (χ2v) is 9.51. The third kappa shape index (κ3) is 4.57. The van der Waals surface area contributed by atoms with Gasteiger partial charge in [-0.2, -0.15) is 4.31 Å². The highest BCUT2D eigenvalue weighted by atomic mass is 32.2. The summed E-state index contributed by atoms with van der Waals surface area (Å²) in [7, 11) is -1.92. The molecule has 0 heterocycles. The Kier molecular flexibility index (Phi) is 5.71. The summed E-state index contributed by atoms with van der Waals surface area (Å²) >= 11 is 0. The van der Waals surface area contributed by atoms with Crippen molar-refractivity contribution in [3.63, 3.8) is 0 Å². The normalized spacial score (nSPS) is 20.3. The number of nitrogens with zero attached hydrogens (tertiary/aromatic N) is 2. The number of hydrogen-bond acceptors (Lipinski definition) is 3. The molecule has 1 aromatic rings. The molecule has 24 heavy (non-hydrogen) atoms. The molecule has 134 valence electrons. The van der Waals surface area contributed by atoms with Crippen molar-refractivity contribution in [2.24, 2.45) is 5.41 Å². The second-order valence-electron chi connectivity index (χ2n) is 7.42. The third-order valence-corrected chi connectivity index (χ3v) is 6.28. The lowest BCUT2D eigenvalue weighted by Gasteiger charge is -2.38. The number of sulfonamides is 1. The molecule has 0 saturated heterocycles. The van der Waals surface area contributed by atoms with Crippen LogP contribution in [0.1, 0.15) is 38.7 Å². The van der Waals surface area contributed by atoms with Crippen LogP contribution in [0.15, 0.2) is 30.3 Å². The minimum absolute atomic E-state index is 0.0497. The van der Waals surface area contributed by atoms with Gasteiger partial charge in [-0.15, -0.1) is 0 Å². The van der Waals surface area contributed by atoms with Gasteiger partial charge in [-0.3, -0.25) is 4.79 Å². The predicted molar refractivity (Wildman–Crippen MR) is 95.9 cm³/mol. The van der Waals surface area contributed by atoms with Gasteiger partial charge in [0.2, 0.25) is 15.9 Å². The fraction of sp³-hybridized carbons (Fsp3) is 0.611. The SMILES string of the molecule is CN(CC(=O)N(Cc1ccccc1)[C@@H]1CCCC1(C)C)S(C)(=O)=O. The number of benzene rings is 1. The molecule has 1 aliphatic rings. The largest absolute Gasteiger partial charge is 0.334 e. The van der Waals surface area contributed by atoms with Crippen LogP contribution >= 0.6 is 0 Å². The summed E-state index contributed by atoms with van der Waals surface area (Å²) in [4.78, 5) is 14.8. The van der Waals surface area contributed by atoms with Crippen LogP contribution in [-0.4, -0.2) is 49.4 Å². The molecule has 0 N–H and O–H groups in total. The van der Waals surface area contributed by atoms with Gasteiger partial charge in [0.1, 0.15) is 0 Å². The van der Waals surface area contributed by atoms with Gasteiger partial charge in [0.15, 0.2) is 0 Å². The third-order valence-electron chi connectivity index (χ3n) is 5.02. The van der Waals surface area contributed by atoms with E-state index in [1.165, 1.54) is 7.05 Å². The Labute approximate surface area is 145 Å². The van der Waals surface area contributed by atoms with E-state index in [4.69, 9.17) is 0 Å². The Morgan fingerprint density at radius 1 is 1.25 bits per heavy atom. The molecule has 1 saturated carbocycles. The van der Waals surface area contributed by atoms with Crippen LogP contribution < -0.4 is 0 Å². The van der Waals surface area contributed by atoms with E-state index in [0.717, 1.165) is 35.4 Å². The maximum atomic E-state index is 12.9. The quantitative estimate of drug-likeness (QED) is 0.790. The summed E-state index contributed by atoms with van der Waals surface area (Å²) in [5, 5.41) is 0. The molecule has 2 rings (SSSR count). The standard InChI is InChI=1S/C18H28N2O3S/c1-18(2)12-8-11-16(18)20(13-15-9-6-5-7-10-15)17(21)14-19(3)24(4,22)23/h5-7,9-10,16H,8,11-14H2,1-4H3/t16-/m1/s1. The Balaban J connectivity index is 2.24. The summed E-state index contributed by atoms with van der Waals surface area (Å²) in [6.07, 6.45) is 4.27. The average molecular weight is 353 g/mol. The average Bonchev–Trinajstić information content (AvgIpc) is 2.84. The first kappa shape index (κ1) is 18.9. The van der Waals surface area contributed by atoms with Crippen LogP contribution in [0.2, 0.25) is 0 Å². The zero-order chi connectivity index (χ0) is 18.0. The van der Waals surface area contributed by atoms with E-state index in [-0.39, 0.29) is 23.9 Å². The fourth-order valence-electron chi connectivity index (χ4n) is 3.44. The molecule has 0 bridgehead atoms. The van der Waals surface area contributed by atoms with E-state index in [0.29, 0.717) is 6.54 Å². The van der Waals surface area contributed by atoms with Crippen molar-refractivity contribution in [2.75, 3.05) is 19.8 Å². The molecule has 1 amide bonds. The van der Waals surface area contributed by atoms with Crippen molar-refractivity contribution in [3.05, 3.63) is 35.9 Å². The van der Waals surface area contributed by atoms with E-state index < -0.39 is 10.0 Å².